The maximum Gasteiger partial charge on any atom is 0.123 e. The van der Waals surface area contributed by atoms with Crippen LogP contribution in [-0.4, -0.2) is 24.3 Å². The van der Waals surface area contributed by atoms with Gasteiger partial charge in [-0.05, 0) is 43.0 Å². The van der Waals surface area contributed by atoms with Crippen molar-refractivity contribution in [3.05, 3.63) is 29.6 Å². The van der Waals surface area contributed by atoms with Gasteiger partial charge in [0.05, 0.1) is 6.10 Å². The van der Waals surface area contributed by atoms with Crippen molar-refractivity contribution >= 4 is 5.69 Å². The number of halogens is 1. The van der Waals surface area contributed by atoms with Crippen LogP contribution in [0, 0.1) is 11.7 Å². The Hall–Kier alpha value is -1.13. The Morgan fingerprint density at radius 1 is 1.50 bits per heavy atom. The lowest BCUT2D eigenvalue weighted by molar-refractivity contribution is 0.0970. The Bertz CT molecular complexity index is 422. The van der Waals surface area contributed by atoms with Gasteiger partial charge >= 0.3 is 0 Å². The molecule has 1 aliphatic rings. The third-order valence-electron chi connectivity index (χ3n) is 3.68. The maximum atomic E-state index is 13.3. The summed E-state index contributed by atoms with van der Waals surface area (Å²) < 4.78 is 13.3. The SMILES string of the molecule is CC1CN(c2ccc(F)cc2[C@@H](C)N)CCC1O. The molecule has 1 heterocycles. The van der Waals surface area contributed by atoms with Crippen LogP contribution in [0.4, 0.5) is 10.1 Å². The number of aliphatic hydroxyl groups excluding tert-OH is 1. The highest BCUT2D eigenvalue weighted by Crippen LogP contribution is 2.30. The molecule has 0 amide bonds. The Labute approximate surface area is 107 Å². The number of nitrogens with zero attached hydrogens (tertiary/aromatic N) is 1. The van der Waals surface area contributed by atoms with Gasteiger partial charge in [0.25, 0.3) is 0 Å². The van der Waals surface area contributed by atoms with Gasteiger partial charge in [0, 0.05) is 24.8 Å². The molecule has 1 fully saturated rings. The van der Waals surface area contributed by atoms with Crippen LogP contribution < -0.4 is 10.6 Å². The van der Waals surface area contributed by atoms with Crippen LogP contribution in [0.5, 0.6) is 0 Å². The van der Waals surface area contributed by atoms with Crippen molar-refractivity contribution in [1.82, 2.24) is 0 Å². The minimum Gasteiger partial charge on any atom is -0.393 e. The minimum atomic E-state index is -0.254. The molecule has 3 nitrogen and oxygen atoms in total. The molecule has 1 aliphatic heterocycles. The van der Waals surface area contributed by atoms with E-state index in [0.29, 0.717) is 0 Å². The molecule has 0 saturated carbocycles. The first-order valence-electron chi connectivity index (χ1n) is 6.47. The zero-order valence-electron chi connectivity index (χ0n) is 10.9. The summed E-state index contributed by atoms with van der Waals surface area (Å²) >= 11 is 0. The molecule has 0 bridgehead atoms. The van der Waals surface area contributed by atoms with Crippen LogP contribution in [-0.2, 0) is 0 Å². The first kappa shape index (κ1) is 13.3. The summed E-state index contributed by atoms with van der Waals surface area (Å²) in [5.74, 6) is -0.0270. The number of anilines is 1. The molecule has 3 atom stereocenters. The number of nitrogens with two attached hydrogens (primary N) is 1. The highest BCUT2D eigenvalue weighted by molar-refractivity contribution is 5.55. The quantitative estimate of drug-likeness (QED) is 0.847. The zero-order chi connectivity index (χ0) is 13.3. The van der Waals surface area contributed by atoms with Gasteiger partial charge in [0.2, 0.25) is 0 Å². The van der Waals surface area contributed by atoms with Gasteiger partial charge in [-0.25, -0.2) is 4.39 Å². The van der Waals surface area contributed by atoms with Crippen molar-refractivity contribution < 1.29 is 9.50 Å². The van der Waals surface area contributed by atoms with E-state index in [2.05, 4.69) is 4.90 Å². The van der Waals surface area contributed by atoms with E-state index >= 15 is 0 Å². The van der Waals surface area contributed by atoms with Crippen LogP contribution in [0.3, 0.4) is 0 Å². The van der Waals surface area contributed by atoms with E-state index < -0.39 is 0 Å². The Kier molecular flexibility index (Phi) is 3.88. The summed E-state index contributed by atoms with van der Waals surface area (Å²) in [6.45, 7) is 5.47. The fourth-order valence-corrected chi connectivity index (χ4v) is 2.53. The summed E-state index contributed by atoms with van der Waals surface area (Å²) in [6, 6.07) is 4.57. The van der Waals surface area contributed by atoms with E-state index in [-0.39, 0.29) is 23.9 Å². The number of benzene rings is 1. The first-order valence-corrected chi connectivity index (χ1v) is 6.47. The second-order valence-electron chi connectivity index (χ2n) is 5.27. The second-order valence-corrected chi connectivity index (χ2v) is 5.27. The van der Waals surface area contributed by atoms with Crippen LogP contribution >= 0.6 is 0 Å². The Morgan fingerprint density at radius 3 is 2.83 bits per heavy atom. The normalized spacial score (nSPS) is 26.2. The van der Waals surface area contributed by atoms with E-state index in [4.69, 9.17) is 5.73 Å². The zero-order valence-corrected chi connectivity index (χ0v) is 10.9. The second kappa shape index (κ2) is 5.24. The molecule has 2 rings (SSSR count). The fourth-order valence-electron chi connectivity index (χ4n) is 2.53. The van der Waals surface area contributed by atoms with Crippen LogP contribution in [0.2, 0.25) is 0 Å². The van der Waals surface area contributed by atoms with E-state index in [0.717, 1.165) is 30.8 Å². The first-order chi connectivity index (χ1) is 8.49. The summed E-state index contributed by atoms with van der Waals surface area (Å²) in [5, 5.41) is 9.75. The molecule has 0 aromatic heterocycles. The largest absolute Gasteiger partial charge is 0.393 e. The summed E-state index contributed by atoms with van der Waals surface area (Å²) in [7, 11) is 0. The molecular weight excluding hydrogens is 231 g/mol. The van der Waals surface area contributed by atoms with E-state index in [9.17, 15) is 9.50 Å². The van der Waals surface area contributed by atoms with Crippen LogP contribution in [0.1, 0.15) is 31.9 Å². The van der Waals surface area contributed by atoms with E-state index in [1.807, 2.05) is 13.8 Å². The summed E-state index contributed by atoms with van der Waals surface area (Å²) in [5.41, 5.74) is 7.73. The Morgan fingerprint density at radius 2 is 2.22 bits per heavy atom. The van der Waals surface area contributed by atoms with Crippen molar-refractivity contribution in [3.63, 3.8) is 0 Å². The van der Waals surface area contributed by atoms with E-state index in [1.54, 1.807) is 6.07 Å². The molecule has 0 radical (unpaired) electrons. The molecule has 4 heteroatoms. The monoisotopic (exact) mass is 252 g/mol. The highest BCUT2D eigenvalue weighted by Gasteiger charge is 2.26. The third kappa shape index (κ3) is 2.65. The van der Waals surface area contributed by atoms with Gasteiger partial charge in [0.1, 0.15) is 5.82 Å². The van der Waals surface area contributed by atoms with Gasteiger partial charge in [-0.1, -0.05) is 6.92 Å². The molecule has 100 valence electrons. The lowest BCUT2D eigenvalue weighted by Gasteiger charge is -2.37. The van der Waals surface area contributed by atoms with Crippen molar-refractivity contribution in [2.24, 2.45) is 11.7 Å². The number of piperidine rings is 1. The van der Waals surface area contributed by atoms with Crippen molar-refractivity contribution in [2.45, 2.75) is 32.4 Å². The fraction of sp³-hybridized carbons (Fsp3) is 0.571. The lowest BCUT2D eigenvalue weighted by Crippen LogP contribution is -2.42. The van der Waals surface area contributed by atoms with E-state index in [1.165, 1.54) is 12.1 Å². The number of hydrogen-bond acceptors (Lipinski definition) is 3. The molecule has 1 saturated heterocycles. The standard InChI is InChI=1S/C14H21FN2O/c1-9-8-17(6-5-14(9)18)13-4-3-11(15)7-12(13)10(2)16/h3-4,7,9-10,14,18H,5-6,8,16H2,1-2H3/t9?,10-,14?/m1/s1. The molecule has 0 aliphatic carbocycles. The maximum absolute atomic E-state index is 13.3. The predicted octanol–water partition coefficient (Wildman–Crippen LogP) is 2.05. The number of hydrogen-bond donors (Lipinski definition) is 2. The third-order valence-corrected chi connectivity index (χ3v) is 3.68. The molecule has 1 aromatic carbocycles. The minimum absolute atomic E-state index is 0.196. The lowest BCUT2D eigenvalue weighted by atomic mass is 9.95. The summed E-state index contributed by atoms with van der Waals surface area (Å²) in [6.07, 6.45) is 0.511. The highest BCUT2D eigenvalue weighted by atomic mass is 19.1. The molecule has 18 heavy (non-hydrogen) atoms. The van der Waals surface area contributed by atoms with Gasteiger partial charge in [0.15, 0.2) is 0 Å². The molecule has 2 unspecified atom stereocenters. The van der Waals surface area contributed by atoms with Crippen molar-refractivity contribution in [1.29, 1.82) is 0 Å². The summed E-state index contributed by atoms with van der Waals surface area (Å²) in [4.78, 5) is 2.19. The van der Waals surface area contributed by atoms with Gasteiger partial charge < -0.3 is 15.7 Å². The van der Waals surface area contributed by atoms with Crippen LogP contribution in [0.25, 0.3) is 0 Å². The van der Waals surface area contributed by atoms with Crippen LogP contribution in [0.15, 0.2) is 18.2 Å². The molecule has 3 N–H and O–H groups in total. The average molecular weight is 252 g/mol. The Balaban J connectivity index is 2.28. The predicted molar refractivity (Wildman–Crippen MR) is 71.0 cm³/mol. The van der Waals surface area contributed by atoms with Crippen molar-refractivity contribution in [2.75, 3.05) is 18.0 Å². The average Bonchev–Trinajstić information content (AvgIpc) is 2.32. The topological polar surface area (TPSA) is 49.5 Å². The van der Waals surface area contributed by atoms with Gasteiger partial charge in [-0.3, -0.25) is 0 Å². The number of aliphatic hydroxyl groups is 1. The van der Waals surface area contributed by atoms with Gasteiger partial charge in [-0.2, -0.15) is 0 Å². The molecule has 1 aromatic rings. The van der Waals surface area contributed by atoms with Crippen molar-refractivity contribution in [3.8, 4) is 0 Å². The number of rotatable bonds is 2. The molecule has 0 spiro atoms. The molecular formula is C14H21FN2O. The van der Waals surface area contributed by atoms with Gasteiger partial charge in [-0.15, -0.1) is 0 Å². The smallest absolute Gasteiger partial charge is 0.123 e.